The summed E-state index contributed by atoms with van der Waals surface area (Å²) in [6.45, 7) is 1.92. The fourth-order valence-electron chi connectivity index (χ4n) is 2.57. The van der Waals surface area contributed by atoms with Crippen LogP contribution in [0.1, 0.15) is 32.6 Å². The van der Waals surface area contributed by atoms with Crippen molar-refractivity contribution in [2.75, 3.05) is 0 Å². The minimum absolute atomic E-state index is 0.120. The molecule has 22 heavy (non-hydrogen) atoms. The van der Waals surface area contributed by atoms with E-state index in [1.807, 2.05) is 12.2 Å². The first kappa shape index (κ1) is 16.0. The Labute approximate surface area is 126 Å². The van der Waals surface area contributed by atoms with Crippen LogP contribution in [0.4, 0.5) is 0 Å². The first-order valence-corrected chi connectivity index (χ1v) is 7.00. The predicted octanol–water partition coefficient (Wildman–Crippen LogP) is -1.18. The highest BCUT2D eigenvalue weighted by Gasteiger charge is 2.63. The highest BCUT2D eigenvalue weighted by Crippen LogP contribution is 2.28. The maximum absolute atomic E-state index is 12.2. The molecule has 2 aliphatic heterocycles. The molecule has 2 rings (SSSR count). The van der Waals surface area contributed by atoms with E-state index in [9.17, 15) is 29.1 Å². The predicted molar refractivity (Wildman–Crippen MR) is 72.0 cm³/mol. The van der Waals surface area contributed by atoms with Crippen LogP contribution >= 0.6 is 0 Å². The van der Waals surface area contributed by atoms with Gasteiger partial charge in [-0.1, -0.05) is 19.8 Å². The van der Waals surface area contributed by atoms with Gasteiger partial charge in [-0.2, -0.15) is 0 Å². The Morgan fingerprint density at radius 2 is 1.82 bits per heavy atom. The molecule has 1 fully saturated rings. The summed E-state index contributed by atoms with van der Waals surface area (Å²) in [4.78, 5) is 59.9. The second-order valence-corrected chi connectivity index (χ2v) is 5.25. The summed E-state index contributed by atoms with van der Waals surface area (Å²) in [5, 5.41) is 12.3. The van der Waals surface area contributed by atoms with Gasteiger partial charge in [-0.25, -0.2) is 0 Å². The van der Waals surface area contributed by atoms with Gasteiger partial charge in [0.05, 0.1) is 0 Å². The van der Waals surface area contributed by atoms with E-state index in [1.54, 1.807) is 0 Å². The SMILES string of the molecule is CCCCCC(=O)C1(O)C(=O)NC(=O)C1N1C(=O)C=CC1=O. The highest BCUT2D eigenvalue weighted by atomic mass is 16.3. The van der Waals surface area contributed by atoms with E-state index >= 15 is 0 Å². The third-order valence-electron chi connectivity index (χ3n) is 3.76. The Bertz CT molecular complexity index is 578. The number of Topliss-reactive ketones (excluding diaryl/α,β-unsaturated/α-hetero) is 1. The molecule has 8 heteroatoms. The van der Waals surface area contributed by atoms with Gasteiger partial charge in [0, 0.05) is 18.6 Å². The Kier molecular flexibility index (Phi) is 4.23. The van der Waals surface area contributed by atoms with E-state index in [1.165, 1.54) is 0 Å². The fraction of sp³-hybridized carbons (Fsp3) is 0.500. The first-order valence-electron chi connectivity index (χ1n) is 7.00. The molecule has 4 amide bonds. The molecule has 0 aromatic heterocycles. The lowest BCUT2D eigenvalue weighted by atomic mass is 9.87. The topological polar surface area (TPSA) is 121 Å². The maximum Gasteiger partial charge on any atom is 0.269 e. The number of nitrogens with zero attached hydrogens (tertiary/aromatic N) is 1. The molecule has 0 bridgehead atoms. The molecule has 0 aromatic rings. The molecule has 118 valence electrons. The van der Waals surface area contributed by atoms with Crippen LogP contribution < -0.4 is 5.32 Å². The number of imide groups is 2. The van der Waals surface area contributed by atoms with E-state index in [0.717, 1.165) is 18.6 Å². The van der Waals surface area contributed by atoms with Gasteiger partial charge in [-0.05, 0) is 6.42 Å². The van der Waals surface area contributed by atoms with Crippen molar-refractivity contribution in [3.8, 4) is 0 Å². The van der Waals surface area contributed by atoms with E-state index < -0.39 is 41.1 Å². The van der Waals surface area contributed by atoms with Crippen LogP contribution in [0.5, 0.6) is 0 Å². The lowest BCUT2D eigenvalue weighted by Gasteiger charge is -2.29. The average Bonchev–Trinajstić information content (AvgIpc) is 2.89. The summed E-state index contributed by atoms with van der Waals surface area (Å²) >= 11 is 0. The van der Waals surface area contributed by atoms with Gasteiger partial charge >= 0.3 is 0 Å². The summed E-state index contributed by atoms with van der Waals surface area (Å²) in [7, 11) is 0. The monoisotopic (exact) mass is 308 g/mol. The van der Waals surface area contributed by atoms with E-state index in [2.05, 4.69) is 0 Å². The van der Waals surface area contributed by atoms with Crippen molar-refractivity contribution in [1.82, 2.24) is 10.2 Å². The van der Waals surface area contributed by atoms with Crippen LogP contribution in [0.3, 0.4) is 0 Å². The number of aliphatic hydroxyl groups is 1. The molecule has 0 aliphatic carbocycles. The fourth-order valence-corrected chi connectivity index (χ4v) is 2.57. The summed E-state index contributed by atoms with van der Waals surface area (Å²) in [5.74, 6) is -4.81. The number of hydrogen-bond donors (Lipinski definition) is 2. The molecule has 0 aromatic carbocycles. The van der Waals surface area contributed by atoms with Crippen LogP contribution in [-0.4, -0.2) is 51.1 Å². The number of nitrogens with one attached hydrogen (secondary N) is 1. The van der Waals surface area contributed by atoms with Crippen LogP contribution in [0, 0.1) is 0 Å². The van der Waals surface area contributed by atoms with Gasteiger partial charge in [0.1, 0.15) is 0 Å². The van der Waals surface area contributed by atoms with Gasteiger partial charge in [0.2, 0.25) is 5.60 Å². The lowest BCUT2D eigenvalue weighted by molar-refractivity contribution is -0.160. The van der Waals surface area contributed by atoms with E-state index in [-0.39, 0.29) is 6.42 Å². The van der Waals surface area contributed by atoms with Crippen LogP contribution in [0.2, 0.25) is 0 Å². The molecular formula is C14H16N2O6. The minimum atomic E-state index is -2.72. The molecule has 2 heterocycles. The molecule has 1 saturated heterocycles. The number of carbonyl (C=O) groups excluding carboxylic acids is 5. The average molecular weight is 308 g/mol. The summed E-state index contributed by atoms with van der Waals surface area (Å²) < 4.78 is 0. The molecule has 2 N–H and O–H groups in total. The largest absolute Gasteiger partial charge is 0.371 e. The van der Waals surface area contributed by atoms with Gasteiger partial charge in [0.15, 0.2) is 11.8 Å². The highest BCUT2D eigenvalue weighted by molar-refractivity contribution is 6.26. The molecule has 2 unspecified atom stereocenters. The van der Waals surface area contributed by atoms with Gasteiger partial charge < -0.3 is 5.11 Å². The molecule has 2 atom stereocenters. The number of unbranched alkanes of at least 4 members (excludes halogenated alkanes) is 2. The van der Waals surface area contributed by atoms with E-state index in [0.29, 0.717) is 17.7 Å². The second kappa shape index (κ2) is 5.80. The van der Waals surface area contributed by atoms with Crippen molar-refractivity contribution in [3.05, 3.63) is 12.2 Å². The first-order chi connectivity index (χ1) is 10.3. The Hall–Kier alpha value is -2.35. The Morgan fingerprint density at radius 3 is 2.36 bits per heavy atom. The number of amides is 4. The van der Waals surface area contributed by atoms with Gasteiger partial charge in [-0.15, -0.1) is 0 Å². The number of ketones is 1. The summed E-state index contributed by atoms with van der Waals surface area (Å²) in [5.41, 5.74) is -2.72. The third kappa shape index (κ3) is 2.35. The van der Waals surface area contributed by atoms with Crippen LogP contribution in [-0.2, 0) is 24.0 Å². The second-order valence-electron chi connectivity index (χ2n) is 5.25. The normalized spacial score (nSPS) is 27.7. The summed E-state index contributed by atoms with van der Waals surface area (Å²) in [6, 6.07) is -1.86. The number of hydrogen-bond acceptors (Lipinski definition) is 6. The van der Waals surface area contributed by atoms with Crippen LogP contribution in [0.25, 0.3) is 0 Å². The molecule has 2 aliphatic rings. The maximum atomic E-state index is 12.2. The van der Waals surface area contributed by atoms with Crippen molar-refractivity contribution in [2.45, 2.75) is 44.2 Å². The quantitative estimate of drug-likeness (QED) is 0.362. The molecule has 0 saturated carbocycles. The standard InChI is InChI=1S/C14H16N2O6/c1-2-3-4-5-8(17)14(22)11(12(20)15-13(14)21)16-9(18)6-7-10(16)19/h6-7,11,22H,2-5H2,1H3,(H,15,20,21). The molecule has 0 spiro atoms. The Balaban J connectivity index is 2.31. The zero-order valence-electron chi connectivity index (χ0n) is 12.0. The molecular weight excluding hydrogens is 292 g/mol. The minimum Gasteiger partial charge on any atom is -0.371 e. The van der Waals surface area contributed by atoms with Gasteiger partial charge in [-0.3, -0.25) is 34.2 Å². The number of rotatable bonds is 6. The van der Waals surface area contributed by atoms with Crippen molar-refractivity contribution < 1.29 is 29.1 Å². The molecule has 0 radical (unpaired) electrons. The summed E-state index contributed by atoms with van der Waals surface area (Å²) in [6.07, 6.45) is 3.69. The van der Waals surface area contributed by atoms with Crippen molar-refractivity contribution in [3.63, 3.8) is 0 Å². The lowest BCUT2D eigenvalue weighted by Crippen LogP contribution is -2.61. The van der Waals surface area contributed by atoms with Crippen molar-refractivity contribution in [2.24, 2.45) is 0 Å². The number of carbonyl (C=O) groups is 5. The zero-order valence-corrected chi connectivity index (χ0v) is 12.0. The molecule has 8 nitrogen and oxygen atoms in total. The Morgan fingerprint density at radius 1 is 1.23 bits per heavy atom. The van der Waals surface area contributed by atoms with E-state index in [4.69, 9.17) is 0 Å². The van der Waals surface area contributed by atoms with Crippen LogP contribution in [0.15, 0.2) is 12.2 Å². The third-order valence-corrected chi connectivity index (χ3v) is 3.76. The van der Waals surface area contributed by atoms with Gasteiger partial charge in [0.25, 0.3) is 23.6 Å². The zero-order chi connectivity index (χ0) is 16.5. The van der Waals surface area contributed by atoms with Crippen molar-refractivity contribution >= 4 is 29.4 Å². The van der Waals surface area contributed by atoms with Crippen molar-refractivity contribution in [1.29, 1.82) is 0 Å². The smallest absolute Gasteiger partial charge is 0.269 e.